The largest absolute Gasteiger partial charge is 0.322 e. The number of imide groups is 1. The second-order valence-electron chi connectivity index (χ2n) is 8.98. The van der Waals surface area contributed by atoms with Gasteiger partial charge in [0.05, 0.1) is 17.5 Å². The molecular weight excluding hydrogens is 376 g/mol. The molecule has 2 aromatic rings. The molecule has 5 aliphatic rings. The van der Waals surface area contributed by atoms with E-state index in [2.05, 4.69) is 17.5 Å². The predicted molar refractivity (Wildman–Crippen MR) is 113 cm³/mol. The lowest BCUT2D eigenvalue weighted by Crippen LogP contribution is -2.40. The van der Waals surface area contributed by atoms with Gasteiger partial charge in [-0.05, 0) is 72.9 Å². The van der Waals surface area contributed by atoms with Crippen LogP contribution >= 0.6 is 0 Å². The molecule has 1 aliphatic heterocycles. The Morgan fingerprint density at radius 3 is 2.10 bits per heavy atom. The number of amides is 3. The van der Waals surface area contributed by atoms with E-state index >= 15 is 0 Å². The van der Waals surface area contributed by atoms with E-state index in [0.717, 1.165) is 17.7 Å². The van der Waals surface area contributed by atoms with Gasteiger partial charge in [0.1, 0.15) is 0 Å². The molecule has 5 heteroatoms. The molecule has 1 heterocycles. The fourth-order valence-corrected chi connectivity index (χ4v) is 5.88. The van der Waals surface area contributed by atoms with Gasteiger partial charge in [0.15, 0.2) is 0 Å². The summed E-state index contributed by atoms with van der Waals surface area (Å²) in [4.78, 5) is 40.3. The van der Waals surface area contributed by atoms with Gasteiger partial charge in [0, 0.05) is 11.3 Å². The highest BCUT2D eigenvalue weighted by Crippen LogP contribution is 2.65. The van der Waals surface area contributed by atoms with Crippen molar-refractivity contribution < 1.29 is 14.4 Å². The third-order valence-corrected chi connectivity index (χ3v) is 7.44. The molecule has 0 radical (unpaired) electrons. The lowest BCUT2D eigenvalue weighted by atomic mass is 9.63. The van der Waals surface area contributed by atoms with Gasteiger partial charge in [-0.15, -0.1) is 0 Å². The van der Waals surface area contributed by atoms with Crippen molar-refractivity contribution in [2.75, 3.05) is 10.2 Å². The van der Waals surface area contributed by atoms with Gasteiger partial charge >= 0.3 is 0 Å². The number of nitrogens with zero attached hydrogens (tertiary/aromatic N) is 1. The van der Waals surface area contributed by atoms with E-state index in [1.165, 1.54) is 4.90 Å². The molecule has 1 saturated heterocycles. The molecule has 6 atom stereocenters. The van der Waals surface area contributed by atoms with Crippen LogP contribution in [0.25, 0.3) is 0 Å². The van der Waals surface area contributed by atoms with Crippen LogP contribution in [0.4, 0.5) is 11.4 Å². The maximum atomic E-state index is 13.2. The molecule has 150 valence electrons. The molecule has 2 aromatic carbocycles. The summed E-state index contributed by atoms with van der Waals surface area (Å²) >= 11 is 0. The van der Waals surface area contributed by atoms with Crippen LogP contribution in [-0.4, -0.2) is 17.7 Å². The van der Waals surface area contributed by atoms with Crippen LogP contribution in [0, 0.1) is 42.4 Å². The zero-order valence-corrected chi connectivity index (χ0v) is 16.6. The first-order valence-electron chi connectivity index (χ1n) is 10.6. The number of hydrogen-bond acceptors (Lipinski definition) is 3. The lowest BCUT2D eigenvalue weighted by Gasteiger charge is -2.37. The van der Waals surface area contributed by atoms with Crippen molar-refractivity contribution in [3.8, 4) is 0 Å². The van der Waals surface area contributed by atoms with Gasteiger partial charge in [-0.2, -0.15) is 0 Å². The van der Waals surface area contributed by atoms with Crippen LogP contribution in [0.2, 0.25) is 0 Å². The van der Waals surface area contributed by atoms with Crippen molar-refractivity contribution in [2.24, 2.45) is 35.5 Å². The minimum absolute atomic E-state index is 0.0770. The lowest BCUT2D eigenvalue weighted by molar-refractivity contribution is -0.124. The number of carbonyl (C=O) groups is 3. The van der Waals surface area contributed by atoms with Crippen molar-refractivity contribution in [1.29, 1.82) is 0 Å². The Hall–Kier alpha value is -3.21. The first-order chi connectivity index (χ1) is 14.5. The standard InChI is InChI=1S/C25H22N2O3/c1-13-4-2-3-5-20(13)26-23(28)14-6-8-15(9-7-14)27-24(29)21-16-10-11-17(19-12-18(16)19)22(21)25(27)30/h2-11,16-19,21-22H,12H2,1H3,(H,26,28)/t16-,17-,18-,19-,21-,22+/m1/s1. The molecule has 3 fully saturated rings. The smallest absolute Gasteiger partial charge is 0.255 e. The summed E-state index contributed by atoms with van der Waals surface area (Å²) in [5.74, 6) is 0.817. The minimum Gasteiger partial charge on any atom is -0.322 e. The van der Waals surface area contributed by atoms with Crippen LogP contribution in [-0.2, 0) is 9.59 Å². The van der Waals surface area contributed by atoms with Crippen LogP contribution in [0.5, 0.6) is 0 Å². The summed E-state index contributed by atoms with van der Waals surface area (Å²) in [5, 5.41) is 2.91. The highest BCUT2D eigenvalue weighted by atomic mass is 16.2. The average Bonchev–Trinajstić information content (AvgIpc) is 3.53. The zero-order valence-electron chi connectivity index (χ0n) is 16.6. The summed E-state index contributed by atoms with van der Waals surface area (Å²) in [5.41, 5.74) is 2.79. The molecule has 0 unspecified atom stereocenters. The SMILES string of the molecule is Cc1ccccc1NC(=O)c1ccc(N2C(=O)[C@@H]3[C@@H]4C=C[C@H]([C@H]5C[C@H]45)[C@@H]3C2=O)cc1. The van der Waals surface area contributed by atoms with E-state index in [4.69, 9.17) is 0 Å². The second-order valence-corrected chi connectivity index (χ2v) is 8.98. The molecule has 4 aliphatic carbocycles. The Kier molecular flexibility index (Phi) is 3.61. The molecule has 30 heavy (non-hydrogen) atoms. The highest BCUT2D eigenvalue weighted by molar-refractivity contribution is 6.22. The predicted octanol–water partition coefficient (Wildman–Crippen LogP) is 3.80. The summed E-state index contributed by atoms with van der Waals surface area (Å²) < 4.78 is 0. The molecule has 3 amide bonds. The number of rotatable bonds is 3. The number of carbonyl (C=O) groups excluding carboxylic acids is 3. The molecule has 5 nitrogen and oxygen atoms in total. The van der Waals surface area contributed by atoms with E-state index in [9.17, 15) is 14.4 Å². The summed E-state index contributed by atoms with van der Waals surface area (Å²) in [6, 6.07) is 14.4. The van der Waals surface area contributed by atoms with Gasteiger partial charge < -0.3 is 5.32 Å². The van der Waals surface area contributed by atoms with Gasteiger partial charge in [-0.3, -0.25) is 19.3 Å². The van der Waals surface area contributed by atoms with E-state index in [1.54, 1.807) is 24.3 Å². The molecular formula is C25H22N2O3. The number of para-hydroxylation sites is 1. The van der Waals surface area contributed by atoms with Crippen LogP contribution in [0.15, 0.2) is 60.7 Å². The molecule has 0 spiro atoms. The van der Waals surface area contributed by atoms with E-state index < -0.39 is 0 Å². The summed E-state index contributed by atoms with van der Waals surface area (Å²) in [6.45, 7) is 1.94. The van der Waals surface area contributed by atoms with Crippen molar-refractivity contribution >= 4 is 29.1 Å². The Labute approximate surface area is 174 Å². The van der Waals surface area contributed by atoms with Gasteiger partial charge in [-0.25, -0.2) is 0 Å². The number of aryl methyl sites for hydroxylation is 1. The first kappa shape index (κ1) is 17.6. The van der Waals surface area contributed by atoms with Crippen LogP contribution in [0.1, 0.15) is 22.3 Å². The zero-order chi connectivity index (χ0) is 20.6. The topological polar surface area (TPSA) is 66.5 Å². The number of anilines is 2. The summed E-state index contributed by atoms with van der Waals surface area (Å²) in [7, 11) is 0. The Bertz CT molecular complexity index is 1080. The van der Waals surface area contributed by atoms with Crippen molar-refractivity contribution in [1.82, 2.24) is 0 Å². The first-order valence-corrected chi connectivity index (χ1v) is 10.6. The molecule has 2 saturated carbocycles. The van der Waals surface area contributed by atoms with Gasteiger partial charge in [-0.1, -0.05) is 30.4 Å². The van der Waals surface area contributed by atoms with Crippen molar-refractivity contribution in [3.05, 3.63) is 71.8 Å². The Balaban J connectivity index is 1.24. The normalized spacial score (nSPS) is 32.8. The maximum absolute atomic E-state index is 13.2. The highest BCUT2D eigenvalue weighted by Gasteiger charge is 2.67. The molecule has 7 rings (SSSR count). The van der Waals surface area contributed by atoms with Crippen molar-refractivity contribution in [3.63, 3.8) is 0 Å². The van der Waals surface area contributed by atoms with E-state index in [-0.39, 0.29) is 41.4 Å². The number of allylic oxidation sites excluding steroid dienone is 2. The molecule has 1 N–H and O–H groups in total. The number of nitrogens with one attached hydrogen (secondary N) is 1. The maximum Gasteiger partial charge on any atom is 0.255 e. The fourth-order valence-electron chi connectivity index (χ4n) is 5.88. The number of benzene rings is 2. The third kappa shape index (κ3) is 2.38. The Morgan fingerprint density at radius 2 is 1.50 bits per heavy atom. The average molecular weight is 398 g/mol. The van der Waals surface area contributed by atoms with E-state index in [1.807, 2.05) is 31.2 Å². The summed E-state index contributed by atoms with van der Waals surface area (Å²) in [6.07, 6.45) is 5.50. The van der Waals surface area contributed by atoms with Gasteiger partial charge in [0.25, 0.3) is 5.91 Å². The van der Waals surface area contributed by atoms with E-state index in [0.29, 0.717) is 23.1 Å². The van der Waals surface area contributed by atoms with Crippen LogP contribution in [0.3, 0.4) is 0 Å². The van der Waals surface area contributed by atoms with Gasteiger partial charge in [0.2, 0.25) is 11.8 Å². The molecule has 2 bridgehead atoms. The Morgan fingerprint density at radius 1 is 0.900 bits per heavy atom. The third-order valence-electron chi connectivity index (χ3n) is 7.44. The van der Waals surface area contributed by atoms with Crippen molar-refractivity contribution in [2.45, 2.75) is 13.3 Å². The minimum atomic E-state index is -0.217. The number of hydrogen-bond donors (Lipinski definition) is 1. The quantitative estimate of drug-likeness (QED) is 0.632. The van der Waals surface area contributed by atoms with Crippen LogP contribution < -0.4 is 10.2 Å². The molecule has 0 aromatic heterocycles. The monoisotopic (exact) mass is 398 g/mol. The second kappa shape index (κ2) is 6.14. The fraction of sp³-hybridized carbons (Fsp3) is 0.320.